The number of methoxy groups -OCH3 is 1. The molecule has 0 fully saturated rings. The Morgan fingerprint density at radius 3 is 2.85 bits per heavy atom. The molecular weight excluding hydrogens is 248 g/mol. The zero-order chi connectivity index (χ0) is 9.42. The molecule has 3 heteroatoms. The van der Waals surface area contributed by atoms with Gasteiger partial charge >= 0.3 is 0 Å². The predicted molar refractivity (Wildman–Crippen MR) is 60.8 cm³/mol. The smallest absolute Gasteiger partial charge is 0.123 e. The molecule has 1 aromatic carbocycles. The number of aryl methyl sites for hydroxylation is 1. The SMILES string of the molecule is COc1cc2scc(Br)c2cc1C. The van der Waals surface area contributed by atoms with Crippen molar-refractivity contribution in [2.45, 2.75) is 6.92 Å². The quantitative estimate of drug-likeness (QED) is 0.750. The van der Waals surface area contributed by atoms with Gasteiger partial charge in [-0.15, -0.1) is 11.3 Å². The molecule has 0 saturated carbocycles. The van der Waals surface area contributed by atoms with Crippen molar-refractivity contribution in [2.75, 3.05) is 7.11 Å². The minimum atomic E-state index is 0.960. The van der Waals surface area contributed by atoms with E-state index < -0.39 is 0 Å². The van der Waals surface area contributed by atoms with Crippen molar-refractivity contribution in [3.05, 3.63) is 27.5 Å². The Morgan fingerprint density at radius 1 is 1.38 bits per heavy atom. The number of hydrogen-bond donors (Lipinski definition) is 0. The molecule has 68 valence electrons. The van der Waals surface area contributed by atoms with Crippen LogP contribution in [0.25, 0.3) is 10.1 Å². The number of fused-ring (bicyclic) bond motifs is 1. The van der Waals surface area contributed by atoms with Gasteiger partial charge in [-0.3, -0.25) is 0 Å². The van der Waals surface area contributed by atoms with Gasteiger partial charge in [0.2, 0.25) is 0 Å². The number of benzene rings is 1. The highest BCUT2D eigenvalue weighted by molar-refractivity contribution is 9.10. The van der Waals surface area contributed by atoms with Crippen molar-refractivity contribution < 1.29 is 4.74 Å². The second-order valence-electron chi connectivity index (χ2n) is 2.90. The van der Waals surface area contributed by atoms with Crippen LogP contribution in [0.2, 0.25) is 0 Å². The van der Waals surface area contributed by atoms with Gasteiger partial charge < -0.3 is 4.74 Å². The lowest BCUT2D eigenvalue weighted by molar-refractivity contribution is 0.412. The highest BCUT2D eigenvalue weighted by Gasteiger charge is 2.05. The van der Waals surface area contributed by atoms with E-state index in [1.54, 1.807) is 18.4 Å². The summed E-state index contributed by atoms with van der Waals surface area (Å²) in [6.07, 6.45) is 0. The number of hydrogen-bond acceptors (Lipinski definition) is 2. The van der Waals surface area contributed by atoms with E-state index >= 15 is 0 Å². The summed E-state index contributed by atoms with van der Waals surface area (Å²) in [4.78, 5) is 0. The zero-order valence-electron chi connectivity index (χ0n) is 7.43. The molecule has 0 amide bonds. The number of rotatable bonds is 1. The topological polar surface area (TPSA) is 9.23 Å². The van der Waals surface area contributed by atoms with Crippen molar-refractivity contribution >= 4 is 37.4 Å². The molecule has 0 N–H and O–H groups in total. The maximum absolute atomic E-state index is 5.25. The van der Waals surface area contributed by atoms with Crippen molar-refractivity contribution in [3.8, 4) is 5.75 Å². The zero-order valence-corrected chi connectivity index (χ0v) is 9.83. The van der Waals surface area contributed by atoms with Gasteiger partial charge in [0, 0.05) is 19.9 Å². The van der Waals surface area contributed by atoms with E-state index in [4.69, 9.17) is 4.74 Å². The third-order valence-corrected chi connectivity index (χ3v) is 3.95. The first-order valence-corrected chi connectivity index (χ1v) is 5.61. The van der Waals surface area contributed by atoms with E-state index in [1.807, 2.05) is 0 Å². The minimum Gasteiger partial charge on any atom is -0.496 e. The number of halogens is 1. The van der Waals surface area contributed by atoms with Gasteiger partial charge in [0.05, 0.1) is 7.11 Å². The van der Waals surface area contributed by atoms with Crippen LogP contribution in [0.1, 0.15) is 5.56 Å². The molecular formula is C10H9BrOS. The molecule has 0 radical (unpaired) electrons. The molecule has 1 nitrogen and oxygen atoms in total. The van der Waals surface area contributed by atoms with E-state index in [0.29, 0.717) is 0 Å². The monoisotopic (exact) mass is 256 g/mol. The highest BCUT2D eigenvalue weighted by atomic mass is 79.9. The Kier molecular flexibility index (Phi) is 2.30. The Morgan fingerprint density at radius 2 is 2.15 bits per heavy atom. The Labute approximate surface area is 89.5 Å². The van der Waals surface area contributed by atoms with Crippen LogP contribution >= 0.6 is 27.3 Å². The average Bonchev–Trinajstić information content (AvgIpc) is 2.47. The molecule has 0 bridgehead atoms. The van der Waals surface area contributed by atoms with Crippen LogP contribution < -0.4 is 4.74 Å². The first-order valence-electron chi connectivity index (χ1n) is 3.93. The van der Waals surface area contributed by atoms with Gasteiger partial charge in [-0.2, -0.15) is 0 Å². The van der Waals surface area contributed by atoms with Gasteiger partial charge in [-0.25, -0.2) is 0 Å². The first-order chi connectivity index (χ1) is 6.22. The number of thiophene rings is 1. The Bertz CT molecular complexity index is 447. The molecule has 1 aromatic heterocycles. The molecule has 13 heavy (non-hydrogen) atoms. The van der Waals surface area contributed by atoms with Gasteiger partial charge in [0.15, 0.2) is 0 Å². The van der Waals surface area contributed by atoms with Crippen LogP contribution in [0.5, 0.6) is 5.75 Å². The molecule has 2 aromatic rings. The van der Waals surface area contributed by atoms with Crippen molar-refractivity contribution in [2.24, 2.45) is 0 Å². The fraction of sp³-hybridized carbons (Fsp3) is 0.200. The molecule has 0 atom stereocenters. The van der Waals surface area contributed by atoms with Gasteiger partial charge in [-0.1, -0.05) is 0 Å². The summed E-state index contributed by atoms with van der Waals surface area (Å²) >= 11 is 5.24. The molecule has 0 spiro atoms. The molecule has 0 unspecified atom stereocenters. The van der Waals surface area contributed by atoms with E-state index in [2.05, 4.69) is 40.4 Å². The summed E-state index contributed by atoms with van der Waals surface area (Å²) in [5, 5.41) is 3.37. The Hall–Kier alpha value is -0.540. The summed E-state index contributed by atoms with van der Waals surface area (Å²) in [6, 6.07) is 4.23. The van der Waals surface area contributed by atoms with Crippen molar-refractivity contribution in [3.63, 3.8) is 0 Å². The molecule has 1 heterocycles. The maximum atomic E-state index is 5.25. The van der Waals surface area contributed by atoms with Crippen LogP contribution in [0.4, 0.5) is 0 Å². The van der Waals surface area contributed by atoms with Gasteiger partial charge in [-0.05, 0) is 40.5 Å². The molecule has 0 aliphatic rings. The van der Waals surface area contributed by atoms with Crippen LogP contribution in [0.15, 0.2) is 22.0 Å². The lowest BCUT2D eigenvalue weighted by atomic mass is 10.2. The fourth-order valence-corrected chi connectivity index (χ4v) is 2.92. The van der Waals surface area contributed by atoms with E-state index in [-0.39, 0.29) is 0 Å². The van der Waals surface area contributed by atoms with Crippen LogP contribution in [-0.4, -0.2) is 7.11 Å². The van der Waals surface area contributed by atoms with Crippen molar-refractivity contribution in [1.29, 1.82) is 0 Å². The van der Waals surface area contributed by atoms with Gasteiger partial charge in [0.1, 0.15) is 5.75 Å². The molecule has 2 rings (SSSR count). The summed E-state index contributed by atoms with van der Waals surface area (Å²) < 4.78 is 7.68. The number of ether oxygens (including phenoxy) is 1. The average molecular weight is 257 g/mol. The molecule has 0 aliphatic heterocycles. The second-order valence-corrected chi connectivity index (χ2v) is 4.67. The highest BCUT2D eigenvalue weighted by Crippen LogP contribution is 2.34. The maximum Gasteiger partial charge on any atom is 0.123 e. The minimum absolute atomic E-state index is 0.960. The summed E-state index contributed by atoms with van der Waals surface area (Å²) in [5.41, 5.74) is 1.18. The van der Waals surface area contributed by atoms with Crippen LogP contribution in [0.3, 0.4) is 0 Å². The van der Waals surface area contributed by atoms with E-state index in [0.717, 1.165) is 5.75 Å². The lowest BCUT2D eigenvalue weighted by Gasteiger charge is -2.03. The van der Waals surface area contributed by atoms with Crippen molar-refractivity contribution in [1.82, 2.24) is 0 Å². The van der Waals surface area contributed by atoms with E-state index in [1.165, 1.54) is 20.1 Å². The lowest BCUT2D eigenvalue weighted by Crippen LogP contribution is -1.85. The first kappa shape index (κ1) is 9.03. The second kappa shape index (κ2) is 3.31. The molecule has 0 saturated heterocycles. The fourth-order valence-electron chi connectivity index (χ4n) is 1.35. The molecule has 0 aliphatic carbocycles. The van der Waals surface area contributed by atoms with E-state index in [9.17, 15) is 0 Å². The van der Waals surface area contributed by atoms with Gasteiger partial charge in [0.25, 0.3) is 0 Å². The summed E-state index contributed by atoms with van der Waals surface area (Å²) in [7, 11) is 1.71. The Balaban J connectivity index is 2.76. The third-order valence-electron chi connectivity index (χ3n) is 2.04. The van der Waals surface area contributed by atoms with Crippen LogP contribution in [0, 0.1) is 6.92 Å². The van der Waals surface area contributed by atoms with Crippen LogP contribution in [-0.2, 0) is 0 Å². The predicted octanol–water partition coefficient (Wildman–Crippen LogP) is 3.98. The third kappa shape index (κ3) is 1.46. The largest absolute Gasteiger partial charge is 0.496 e. The normalized spacial score (nSPS) is 10.7. The summed E-state index contributed by atoms with van der Waals surface area (Å²) in [5.74, 6) is 0.960. The standard InChI is InChI=1S/C10H9BrOS/c1-6-3-7-8(11)5-13-10(7)4-9(6)12-2/h3-5H,1-2H3. The summed E-state index contributed by atoms with van der Waals surface area (Å²) in [6.45, 7) is 2.06.